The zero-order chi connectivity index (χ0) is 27.9. The van der Waals surface area contributed by atoms with Crippen molar-refractivity contribution in [1.82, 2.24) is 5.43 Å². The van der Waals surface area contributed by atoms with Crippen molar-refractivity contribution in [2.45, 2.75) is 13.0 Å². The molecule has 0 spiro atoms. The second-order valence-corrected chi connectivity index (χ2v) is 9.36. The molecular weight excluding hydrogens is 524 g/mol. The first-order valence-corrected chi connectivity index (χ1v) is 13.0. The average Bonchev–Trinajstić information content (AvgIpc) is 2.99. The van der Waals surface area contributed by atoms with Crippen molar-refractivity contribution >= 4 is 40.5 Å². The Balaban J connectivity index is 1.29. The summed E-state index contributed by atoms with van der Waals surface area (Å²) in [6.07, 6.45) is 0.654. The van der Waals surface area contributed by atoms with Crippen LogP contribution in [0.3, 0.4) is 0 Å². The fourth-order valence-electron chi connectivity index (χ4n) is 4.14. The molecule has 40 heavy (non-hydrogen) atoms. The number of hydrogen-bond donors (Lipinski definition) is 1. The average molecular weight is 549 g/mol. The first-order valence-electron chi connectivity index (χ1n) is 12.6. The smallest absolute Gasteiger partial charge is 0.345 e. The largest absolute Gasteiger partial charge is 0.481 e. The first-order chi connectivity index (χ1) is 19.5. The summed E-state index contributed by atoms with van der Waals surface area (Å²) in [5.74, 6) is -0.184. The minimum Gasteiger partial charge on any atom is -0.481 e. The predicted molar refractivity (Wildman–Crippen MR) is 158 cm³/mol. The summed E-state index contributed by atoms with van der Waals surface area (Å²) in [7, 11) is 0. The van der Waals surface area contributed by atoms with E-state index in [1.165, 1.54) is 6.21 Å². The zero-order valence-corrected chi connectivity index (χ0v) is 22.3. The molecule has 6 nitrogen and oxygen atoms in total. The molecule has 5 rings (SSSR count). The zero-order valence-electron chi connectivity index (χ0n) is 21.6. The number of hydrogen-bond acceptors (Lipinski definition) is 5. The maximum absolute atomic E-state index is 12.8. The molecule has 5 aromatic carbocycles. The van der Waals surface area contributed by atoms with Crippen molar-refractivity contribution in [3.63, 3.8) is 0 Å². The van der Waals surface area contributed by atoms with Crippen LogP contribution >= 0.6 is 11.6 Å². The molecule has 0 aliphatic heterocycles. The molecule has 1 amide bonds. The van der Waals surface area contributed by atoms with Gasteiger partial charge in [-0.25, -0.2) is 10.2 Å². The van der Waals surface area contributed by atoms with Crippen molar-refractivity contribution in [3.05, 3.63) is 131 Å². The Labute approximate surface area is 236 Å². The summed E-state index contributed by atoms with van der Waals surface area (Å²) in [5, 5.41) is 6.15. The molecule has 0 heterocycles. The number of carbonyl (C=O) groups excluding carboxylic acids is 2. The van der Waals surface area contributed by atoms with E-state index in [1.807, 2.05) is 84.9 Å². The van der Waals surface area contributed by atoms with E-state index >= 15 is 0 Å². The molecule has 0 fully saturated rings. The van der Waals surface area contributed by atoms with Gasteiger partial charge in [-0.2, -0.15) is 5.10 Å². The molecular formula is C33H25ClN2O4. The number of carbonyl (C=O) groups is 2. The second kappa shape index (κ2) is 12.3. The summed E-state index contributed by atoms with van der Waals surface area (Å²) < 4.78 is 11.5. The van der Waals surface area contributed by atoms with Crippen molar-refractivity contribution in [2.75, 3.05) is 0 Å². The van der Waals surface area contributed by atoms with Crippen LogP contribution in [-0.4, -0.2) is 24.2 Å². The fraction of sp³-hybridized carbons (Fsp3) is 0.0606. The van der Waals surface area contributed by atoms with Crippen LogP contribution in [0.25, 0.3) is 21.9 Å². The van der Waals surface area contributed by atoms with Crippen molar-refractivity contribution < 1.29 is 19.1 Å². The topological polar surface area (TPSA) is 77.0 Å². The van der Waals surface area contributed by atoms with E-state index < -0.39 is 18.0 Å². The van der Waals surface area contributed by atoms with Gasteiger partial charge in [0.25, 0.3) is 5.91 Å². The van der Waals surface area contributed by atoms with E-state index in [0.29, 0.717) is 16.3 Å². The lowest BCUT2D eigenvalue weighted by Crippen LogP contribution is -2.33. The van der Waals surface area contributed by atoms with E-state index in [1.54, 1.807) is 37.3 Å². The summed E-state index contributed by atoms with van der Waals surface area (Å²) in [4.78, 5) is 25.6. The molecule has 5 aromatic rings. The number of hydrazone groups is 1. The Bertz CT molecular complexity index is 1680. The maximum atomic E-state index is 12.8. The van der Waals surface area contributed by atoms with E-state index in [4.69, 9.17) is 21.1 Å². The molecule has 0 saturated heterocycles. The normalized spacial score (nSPS) is 11.8. The molecule has 1 N–H and O–H groups in total. The molecule has 0 bridgehead atoms. The number of fused-ring (bicyclic) bond motifs is 1. The highest BCUT2D eigenvalue weighted by molar-refractivity contribution is 6.33. The third-order valence-electron chi connectivity index (χ3n) is 6.24. The van der Waals surface area contributed by atoms with Crippen LogP contribution in [-0.2, 0) is 4.79 Å². The van der Waals surface area contributed by atoms with Crippen molar-refractivity contribution in [3.8, 4) is 22.6 Å². The molecule has 1 atom stereocenters. The van der Waals surface area contributed by atoms with E-state index in [9.17, 15) is 9.59 Å². The van der Waals surface area contributed by atoms with E-state index in [2.05, 4.69) is 10.5 Å². The Morgan fingerprint density at radius 3 is 2.25 bits per heavy atom. The number of esters is 1. The number of halogens is 1. The lowest BCUT2D eigenvalue weighted by Gasteiger charge is -2.14. The third-order valence-corrected chi connectivity index (χ3v) is 6.57. The van der Waals surface area contributed by atoms with Gasteiger partial charge in [-0.15, -0.1) is 0 Å². The Hall–Kier alpha value is -4.94. The SMILES string of the molecule is CC(Oc1ccc(-c2ccccc2)cc1)C(=O)N/N=C/c1c(OC(=O)c2ccccc2Cl)ccc2ccccc12. The molecule has 0 radical (unpaired) electrons. The van der Waals surface area contributed by atoms with Gasteiger partial charge in [0.15, 0.2) is 6.10 Å². The molecule has 7 heteroatoms. The Morgan fingerprint density at radius 1 is 0.800 bits per heavy atom. The number of nitrogens with zero attached hydrogens (tertiary/aromatic N) is 1. The third kappa shape index (κ3) is 6.20. The van der Waals surface area contributed by atoms with Crippen LogP contribution in [0.2, 0.25) is 5.02 Å². The highest BCUT2D eigenvalue weighted by Gasteiger charge is 2.17. The summed E-state index contributed by atoms with van der Waals surface area (Å²) >= 11 is 6.18. The Kier molecular flexibility index (Phi) is 8.18. The van der Waals surface area contributed by atoms with Crippen LogP contribution in [0.1, 0.15) is 22.8 Å². The van der Waals surface area contributed by atoms with Gasteiger partial charge in [-0.1, -0.05) is 96.5 Å². The predicted octanol–water partition coefficient (Wildman–Crippen LogP) is 7.30. The monoisotopic (exact) mass is 548 g/mol. The van der Waals surface area contributed by atoms with Gasteiger partial charge >= 0.3 is 5.97 Å². The van der Waals surface area contributed by atoms with Crippen LogP contribution in [0.4, 0.5) is 0 Å². The molecule has 1 unspecified atom stereocenters. The van der Waals surface area contributed by atoms with Crippen LogP contribution in [0.5, 0.6) is 11.5 Å². The summed E-state index contributed by atoms with van der Waals surface area (Å²) in [5.41, 5.74) is 5.44. The van der Waals surface area contributed by atoms with Gasteiger partial charge in [-0.3, -0.25) is 4.79 Å². The van der Waals surface area contributed by atoms with Gasteiger partial charge in [0, 0.05) is 5.56 Å². The van der Waals surface area contributed by atoms with Gasteiger partial charge in [0.2, 0.25) is 0 Å². The standard InChI is InChI=1S/C33H25ClN2O4/c1-22(39-26-18-15-24(16-19-26)23-9-3-2-4-10-23)32(37)36-35-21-29-27-12-6-5-11-25(27)17-20-31(29)40-33(38)28-13-7-8-14-30(28)34/h2-22H,1H3,(H,36,37)/b35-21+. The Morgan fingerprint density at radius 2 is 1.48 bits per heavy atom. The highest BCUT2D eigenvalue weighted by atomic mass is 35.5. The van der Waals surface area contributed by atoms with Gasteiger partial charge in [-0.05, 0) is 59.2 Å². The van der Waals surface area contributed by atoms with Crippen molar-refractivity contribution in [2.24, 2.45) is 5.10 Å². The molecule has 0 aliphatic rings. The molecule has 0 saturated carbocycles. The quantitative estimate of drug-likeness (QED) is 0.0955. The van der Waals surface area contributed by atoms with E-state index in [-0.39, 0.29) is 11.3 Å². The number of nitrogens with one attached hydrogen (secondary N) is 1. The van der Waals surface area contributed by atoms with Gasteiger partial charge in [0.05, 0.1) is 16.8 Å². The lowest BCUT2D eigenvalue weighted by molar-refractivity contribution is -0.127. The summed E-state index contributed by atoms with van der Waals surface area (Å²) in [6, 6.07) is 35.3. The molecule has 0 aromatic heterocycles. The minimum absolute atomic E-state index is 0.247. The molecule has 198 valence electrons. The first kappa shape index (κ1) is 26.7. The lowest BCUT2D eigenvalue weighted by atomic mass is 10.0. The maximum Gasteiger partial charge on any atom is 0.345 e. The number of ether oxygens (including phenoxy) is 2. The summed E-state index contributed by atoms with van der Waals surface area (Å²) in [6.45, 7) is 1.64. The number of amides is 1. The molecule has 0 aliphatic carbocycles. The van der Waals surface area contributed by atoms with Crippen LogP contribution in [0.15, 0.2) is 120 Å². The highest BCUT2D eigenvalue weighted by Crippen LogP contribution is 2.28. The number of rotatable bonds is 8. The second-order valence-electron chi connectivity index (χ2n) is 8.95. The van der Waals surface area contributed by atoms with Crippen LogP contribution < -0.4 is 14.9 Å². The van der Waals surface area contributed by atoms with Crippen molar-refractivity contribution in [1.29, 1.82) is 0 Å². The number of benzene rings is 5. The van der Waals surface area contributed by atoms with Crippen LogP contribution in [0, 0.1) is 0 Å². The van der Waals surface area contributed by atoms with E-state index in [0.717, 1.165) is 21.9 Å². The minimum atomic E-state index is -0.801. The van der Waals surface area contributed by atoms with Gasteiger partial charge < -0.3 is 9.47 Å². The van der Waals surface area contributed by atoms with Gasteiger partial charge in [0.1, 0.15) is 11.5 Å². The fourth-order valence-corrected chi connectivity index (χ4v) is 4.36.